The molecule has 0 saturated heterocycles. The summed E-state index contributed by atoms with van der Waals surface area (Å²) in [6.07, 6.45) is 3.96. The van der Waals surface area contributed by atoms with Crippen molar-refractivity contribution in [3.05, 3.63) is 24.3 Å². The minimum absolute atomic E-state index is 0.0171. The quantitative estimate of drug-likeness (QED) is 0.884. The zero-order valence-corrected chi connectivity index (χ0v) is 12.6. The van der Waals surface area contributed by atoms with Gasteiger partial charge in [-0.2, -0.15) is 0 Å². The first-order chi connectivity index (χ1) is 9.88. The molecule has 6 nitrogen and oxygen atoms in total. The van der Waals surface area contributed by atoms with Crippen LogP contribution in [-0.2, 0) is 19.6 Å². The average molecular weight is 310 g/mol. The lowest BCUT2D eigenvalue weighted by molar-refractivity contribution is -0.119. The van der Waals surface area contributed by atoms with Gasteiger partial charge in [0.1, 0.15) is 0 Å². The summed E-state index contributed by atoms with van der Waals surface area (Å²) in [5.41, 5.74) is 0.550. The fourth-order valence-electron chi connectivity index (χ4n) is 2.40. The van der Waals surface area contributed by atoms with Gasteiger partial charge in [0.2, 0.25) is 11.8 Å². The minimum Gasteiger partial charge on any atom is -0.326 e. The summed E-state index contributed by atoms with van der Waals surface area (Å²) >= 11 is 0. The summed E-state index contributed by atoms with van der Waals surface area (Å²) in [7, 11) is -3.83. The van der Waals surface area contributed by atoms with Gasteiger partial charge in [-0.3, -0.25) is 9.59 Å². The van der Waals surface area contributed by atoms with Crippen molar-refractivity contribution in [1.82, 2.24) is 4.72 Å². The van der Waals surface area contributed by atoms with Crippen molar-refractivity contribution in [1.29, 1.82) is 0 Å². The second kappa shape index (κ2) is 6.26. The van der Waals surface area contributed by atoms with E-state index in [2.05, 4.69) is 5.32 Å². The minimum atomic E-state index is -3.83. The Morgan fingerprint density at radius 2 is 1.67 bits per heavy atom. The Labute approximate surface area is 124 Å². The smallest absolute Gasteiger partial charge is 0.264 e. The van der Waals surface area contributed by atoms with Crippen molar-refractivity contribution in [3.8, 4) is 0 Å². The topological polar surface area (TPSA) is 92.3 Å². The molecule has 114 valence electrons. The number of nitrogens with one attached hydrogen (secondary N) is 2. The largest absolute Gasteiger partial charge is 0.326 e. The zero-order valence-electron chi connectivity index (χ0n) is 11.8. The molecule has 1 aliphatic carbocycles. The second-order valence-electron chi connectivity index (χ2n) is 5.16. The van der Waals surface area contributed by atoms with Crippen molar-refractivity contribution in [2.45, 2.75) is 37.5 Å². The summed E-state index contributed by atoms with van der Waals surface area (Å²) in [5.74, 6) is -0.619. The first-order valence-corrected chi connectivity index (χ1v) is 8.31. The molecule has 0 aliphatic heterocycles. The molecule has 1 saturated carbocycles. The van der Waals surface area contributed by atoms with E-state index in [9.17, 15) is 18.0 Å². The predicted molar refractivity (Wildman–Crippen MR) is 78.0 cm³/mol. The maximum absolute atomic E-state index is 12.0. The van der Waals surface area contributed by atoms with E-state index in [1.54, 1.807) is 0 Å². The molecule has 0 atom stereocenters. The molecule has 1 aromatic carbocycles. The molecule has 2 amide bonds. The van der Waals surface area contributed by atoms with Crippen LogP contribution in [0, 0.1) is 5.92 Å². The monoisotopic (exact) mass is 310 g/mol. The molecule has 1 aliphatic rings. The van der Waals surface area contributed by atoms with Gasteiger partial charge in [0.25, 0.3) is 10.0 Å². The normalized spacial score (nSPS) is 15.7. The van der Waals surface area contributed by atoms with Gasteiger partial charge < -0.3 is 5.32 Å². The van der Waals surface area contributed by atoms with Crippen LogP contribution in [0.25, 0.3) is 0 Å². The van der Waals surface area contributed by atoms with E-state index in [4.69, 9.17) is 0 Å². The lowest BCUT2D eigenvalue weighted by atomic mass is 10.1. The highest BCUT2D eigenvalue weighted by molar-refractivity contribution is 7.90. The molecule has 0 spiro atoms. The van der Waals surface area contributed by atoms with Crippen LogP contribution in [0.5, 0.6) is 0 Å². The second-order valence-corrected chi connectivity index (χ2v) is 6.84. The third-order valence-electron chi connectivity index (χ3n) is 3.44. The number of hydrogen-bond acceptors (Lipinski definition) is 4. The SMILES string of the molecule is CC(=O)NS(=O)(=O)c1ccc(NC(=O)C2CCCC2)cc1. The Morgan fingerprint density at radius 1 is 1.10 bits per heavy atom. The van der Waals surface area contributed by atoms with E-state index in [1.165, 1.54) is 24.3 Å². The third-order valence-corrected chi connectivity index (χ3v) is 4.89. The Morgan fingerprint density at radius 3 is 2.19 bits per heavy atom. The molecule has 7 heteroatoms. The number of carbonyl (C=O) groups is 2. The van der Waals surface area contributed by atoms with E-state index in [0.29, 0.717) is 5.69 Å². The lowest BCUT2D eigenvalue weighted by Crippen LogP contribution is -2.28. The van der Waals surface area contributed by atoms with E-state index in [0.717, 1.165) is 32.6 Å². The molecule has 2 rings (SSSR count). The Hall–Kier alpha value is -1.89. The van der Waals surface area contributed by atoms with E-state index in [1.807, 2.05) is 4.72 Å². The fourth-order valence-corrected chi connectivity index (χ4v) is 3.39. The third kappa shape index (κ3) is 4.04. The summed E-state index contributed by atoms with van der Waals surface area (Å²) in [6, 6.07) is 5.74. The van der Waals surface area contributed by atoms with Crippen molar-refractivity contribution in [3.63, 3.8) is 0 Å². The summed E-state index contributed by atoms with van der Waals surface area (Å²) in [6.45, 7) is 1.13. The number of amides is 2. The van der Waals surface area contributed by atoms with Crippen LogP contribution < -0.4 is 10.0 Å². The molecule has 1 fully saturated rings. The number of sulfonamides is 1. The van der Waals surface area contributed by atoms with E-state index in [-0.39, 0.29) is 16.7 Å². The fraction of sp³-hybridized carbons (Fsp3) is 0.429. The Kier molecular flexibility index (Phi) is 4.62. The number of anilines is 1. The van der Waals surface area contributed by atoms with Crippen LogP contribution in [-0.4, -0.2) is 20.2 Å². The zero-order chi connectivity index (χ0) is 15.5. The first kappa shape index (κ1) is 15.5. The molecule has 21 heavy (non-hydrogen) atoms. The van der Waals surface area contributed by atoms with Gasteiger partial charge in [-0.15, -0.1) is 0 Å². The molecule has 0 radical (unpaired) electrons. The van der Waals surface area contributed by atoms with Gasteiger partial charge in [0.05, 0.1) is 4.90 Å². The van der Waals surface area contributed by atoms with Gasteiger partial charge in [-0.05, 0) is 37.1 Å². The molecule has 0 unspecified atom stereocenters. The number of hydrogen-bond donors (Lipinski definition) is 2. The molecule has 0 heterocycles. The van der Waals surface area contributed by atoms with Gasteiger partial charge >= 0.3 is 0 Å². The van der Waals surface area contributed by atoms with Crippen LogP contribution in [0.1, 0.15) is 32.6 Å². The van der Waals surface area contributed by atoms with E-state index >= 15 is 0 Å². The summed E-state index contributed by atoms with van der Waals surface area (Å²) in [5, 5.41) is 2.78. The highest BCUT2D eigenvalue weighted by Gasteiger charge is 2.22. The van der Waals surface area contributed by atoms with Gasteiger partial charge in [0.15, 0.2) is 0 Å². The van der Waals surface area contributed by atoms with Gasteiger partial charge in [-0.25, -0.2) is 13.1 Å². The maximum Gasteiger partial charge on any atom is 0.264 e. The summed E-state index contributed by atoms with van der Waals surface area (Å²) in [4.78, 5) is 22.8. The molecule has 2 N–H and O–H groups in total. The molecular formula is C14H18N2O4S. The van der Waals surface area contributed by atoms with Crippen molar-refractivity contribution in [2.75, 3.05) is 5.32 Å². The van der Waals surface area contributed by atoms with Gasteiger partial charge in [0, 0.05) is 18.5 Å². The lowest BCUT2D eigenvalue weighted by Gasteiger charge is -2.11. The van der Waals surface area contributed by atoms with Gasteiger partial charge in [-0.1, -0.05) is 12.8 Å². The number of benzene rings is 1. The first-order valence-electron chi connectivity index (χ1n) is 6.83. The van der Waals surface area contributed by atoms with Crippen LogP contribution in [0.4, 0.5) is 5.69 Å². The van der Waals surface area contributed by atoms with Crippen LogP contribution in [0.15, 0.2) is 29.2 Å². The average Bonchev–Trinajstić information content (AvgIpc) is 2.91. The van der Waals surface area contributed by atoms with Crippen LogP contribution in [0.3, 0.4) is 0 Å². The standard InChI is InChI=1S/C14H18N2O4S/c1-10(17)16-21(19,20)13-8-6-12(7-9-13)15-14(18)11-4-2-3-5-11/h6-9,11H,2-5H2,1H3,(H,15,18)(H,16,17). The molecule has 0 aromatic heterocycles. The predicted octanol–water partition coefficient (Wildman–Crippen LogP) is 1.64. The summed E-state index contributed by atoms with van der Waals surface area (Å²) < 4.78 is 25.4. The Bertz CT molecular complexity index is 631. The maximum atomic E-state index is 12.0. The van der Waals surface area contributed by atoms with Crippen molar-refractivity contribution < 1.29 is 18.0 Å². The van der Waals surface area contributed by atoms with Crippen LogP contribution in [0.2, 0.25) is 0 Å². The molecular weight excluding hydrogens is 292 g/mol. The number of rotatable bonds is 4. The highest BCUT2D eigenvalue weighted by atomic mass is 32.2. The molecule has 0 bridgehead atoms. The van der Waals surface area contributed by atoms with E-state index < -0.39 is 15.9 Å². The van der Waals surface area contributed by atoms with Crippen LogP contribution >= 0.6 is 0 Å². The number of carbonyl (C=O) groups excluding carboxylic acids is 2. The Balaban J connectivity index is 2.05. The van der Waals surface area contributed by atoms with Crippen molar-refractivity contribution in [2.24, 2.45) is 5.92 Å². The highest BCUT2D eigenvalue weighted by Crippen LogP contribution is 2.26. The van der Waals surface area contributed by atoms with Crippen molar-refractivity contribution >= 4 is 27.5 Å². The molecule has 1 aromatic rings.